The van der Waals surface area contributed by atoms with E-state index in [4.69, 9.17) is 4.74 Å². The zero-order valence-electron chi connectivity index (χ0n) is 14.8. The Morgan fingerprint density at radius 1 is 1.36 bits per heavy atom. The number of para-hydroxylation sites is 1. The molecule has 25 heavy (non-hydrogen) atoms. The summed E-state index contributed by atoms with van der Waals surface area (Å²) in [5, 5.41) is 3.01. The minimum atomic E-state index is -0.0980. The Hall–Kier alpha value is -1.79. The first-order chi connectivity index (χ1) is 12.1. The van der Waals surface area contributed by atoms with Crippen LogP contribution in [0.5, 0.6) is 0 Å². The second-order valence-corrected chi connectivity index (χ2v) is 7.16. The van der Waals surface area contributed by atoms with Gasteiger partial charge in [0.15, 0.2) is 6.54 Å². The molecule has 1 aromatic carbocycles. The Bertz CT molecular complexity index is 598. The van der Waals surface area contributed by atoms with E-state index in [-0.39, 0.29) is 17.8 Å². The van der Waals surface area contributed by atoms with Gasteiger partial charge in [0, 0.05) is 23.5 Å². The van der Waals surface area contributed by atoms with Gasteiger partial charge in [-0.05, 0) is 19.1 Å². The third-order valence-corrected chi connectivity index (χ3v) is 5.31. The Balaban J connectivity index is 1.82. The van der Waals surface area contributed by atoms with E-state index in [2.05, 4.69) is 11.9 Å². The maximum absolute atomic E-state index is 12.4. The first-order valence-corrected chi connectivity index (χ1v) is 9.75. The number of hydrogen-bond donors (Lipinski definition) is 2. The lowest BCUT2D eigenvalue weighted by Crippen LogP contribution is -3.14. The molecule has 0 atom stereocenters. The molecule has 0 radical (unpaired) electrons. The van der Waals surface area contributed by atoms with Crippen molar-refractivity contribution in [2.24, 2.45) is 5.92 Å². The minimum Gasteiger partial charge on any atom is -0.466 e. The van der Waals surface area contributed by atoms with E-state index < -0.39 is 0 Å². The molecular formula is C19H27N2O3S+. The molecule has 1 aliphatic rings. The van der Waals surface area contributed by atoms with E-state index in [0.717, 1.165) is 42.3 Å². The van der Waals surface area contributed by atoms with Crippen molar-refractivity contribution in [1.29, 1.82) is 0 Å². The summed E-state index contributed by atoms with van der Waals surface area (Å²) in [6.45, 7) is 8.06. The van der Waals surface area contributed by atoms with Gasteiger partial charge in [0.05, 0.1) is 31.3 Å². The number of thioether (sulfide) groups is 1. The van der Waals surface area contributed by atoms with E-state index in [1.807, 2.05) is 37.3 Å². The van der Waals surface area contributed by atoms with Crippen LogP contribution >= 0.6 is 11.8 Å². The molecule has 0 aromatic heterocycles. The molecule has 6 heteroatoms. The van der Waals surface area contributed by atoms with Gasteiger partial charge in [-0.15, -0.1) is 18.3 Å². The van der Waals surface area contributed by atoms with E-state index in [1.54, 1.807) is 11.8 Å². The second kappa shape index (κ2) is 10.3. The van der Waals surface area contributed by atoms with Gasteiger partial charge < -0.3 is 15.0 Å². The summed E-state index contributed by atoms with van der Waals surface area (Å²) >= 11 is 1.65. The predicted octanol–water partition coefficient (Wildman–Crippen LogP) is 1.76. The Morgan fingerprint density at radius 2 is 2.08 bits per heavy atom. The molecule has 0 saturated carbocycles. The van der Waals surface area contributed by atoms with E-state index in [0.29, 0.717) is 13.2 Å². The van der Waals surface area contributed by atoms with Crippen LogP contribution in [0.1, 0.15) is 19.8 Å². The fourth-order valence-electron chi connectivity index (χ4n) is 2.96. The average molecular weight is 364 g/mol. The van der Waals surface area contributed by atoms with Crippen LogP contribution < -0.4 is 10.2 Å². The van der Waals surface area contributed by atoms with E-state index in [1.165, 1.54) is 4.90 Å². The molecule has 136 valence electrons. The normalized spacial score (nSPS) is 19.9. The summed E-state index contributed by atoms with van der Waals surface area (Å²) in [5.41, 5.74) is 0.847. The number of quaternary nitrogens is 1. The summed E-state index contributed by atoms with van der Waals surface area (Å²) < 4.78 is 5.09. The highest BCUT2D eigenvalue weighted by atomic mass is 32.2. The van der Waals surface area contributed by atoms with Crippen molar-refractivity contribution in [3.63, 3.8) is 0 Å². The number of nitrogens with one attached hydrogen (secondary N) is 2. The molecule has 0 unspecified atom stereocenters. The van der Waals surface area contributed by atoms with Crippen molar-refractivity contribution in [3.05, 3.63) is 36.9 Å². The number of likely N-dealkylation sites (tertiary alicyclic amines) is 1. The Labute approximate surface area is 153 Å². The lowest BCUT2D eigenvalue weighted by molar-refractivity contribution is -0.897. The molecule has 5 nitrogen and oxygen atoms in total. The highest BCUT2D eigenvalue weighted by Gasteiger charge is 2.29. The molecule has 0 aliphatic carbocycles. The number of esters is 1. The molecule has 0 bridgehead atoms. The van der Waals surface area contributed by atoms with Crippen LogP contribution in [0.25, 0.3) is 0 Å². The van der Waals surface area contributed by atoms with Gasteiger partial charge in [-0.2, -0.15) is 0 Å². The van der Waals surface area contributed by atoms with Crippen LogP contribution in [0.4, 0.5) is 5.69 Å². The summed E-state index contributed by atoms with van der Waals surface area (Å²) in [5.74, 6) is 0.706. The lowest BCUT2D eigenvalue weighted by atomic mass is 9.97. The smallest absolute Gasteiger partial charge is 0.309 e. The largest absolute Gasteiger partial charge is 0.466 e. The molecule has 1 aromatic rings. The lowest BCUT2D eigenvalue weighted by Gasteiger charge is -2.27. The van der Waals surface area contributed by atoms with Gasteiger partial charge in [-0.25, -0.2) is 0 Å². The number of carbonyl (C=O) groups is 2. The van der Waals surface area contributed by atoms with Crippen molar-refractivity contribution in [2.45, 2.75) is 24.7 Å². The number of piperidine rings is 1. The van der Waals surface area contributed by atoms with Crippen molar-refractivity contribution in [2.75, 3.05) is 37.3 Å². The molecule has 2 N–H and O–H groups in total. The quantitative estimate of drug-likeness (QED) is 0.420. The molecule has 0 spiro atoms. The van der Waals surface area contributed by atoms with Gasteiger partial charge in [0.1, 0.15) is 0 Å². The third-order valence-electron chi connectivity index (χ3n) is 4.24. The standard InChI is InChI=1S/C19H26N2O3S/c1-3-13-25-17-8-6-5-7-16(17)20-18(22)14-21-11-9-15(10-12-21)19(23)24-4-2/h3,5-8,15H,1,4,9-14H2,2H3,(H,20,22)/p+1. The van der Waals surface area contributed by atoms with Gasteiger partial charge in [-0.3, -0.25) is 9.59 Å². The van der Waals surface area contributed by atoms with Crippen LogP contribution in [0.3, 0.4) is 0 Å². The molecule has 1 fully saturated rings. The van der Waals surface area contributed by atoms with Gasteiger partial charge >= 0.3 is 5.97 Å². The molecule has 1 aliphatic heterocycles. The van der Waals surface area contributed by atoms with Crippen LogP contribution in [-0.2, 0) is 14.3 Å². The monoisotopic (exact) mass is 363 g/mol. The fourth-order valence-corrected chi connectivity index (χ4v) is 3.71. The number of rotatable bonds is 8. The second-order valence-electron chi connectivity index (χ2n) is 6.10. The molecule has 2 rings (SSSR count). The topological polar surface area (TPSA) is 59.8 Å². The van der Waals surface area contributed by atoms with Crippen molar-refractivity contribution in [1.82, 2.24) is 0 Å². The number of ether oxygens (including phenoxy) is 1. The number of hydrogen-bond acceptors (Lipinski definition) is 4. The number of amides is 1. The highest BCUT2D eigenvalue weighted by Crippen LogP contribution is 2.26. The molecule has 1 amide bonds. The predicted molar refractivity (Wildman–Crippen MR) is 101 cm³/mol. The van der Waals surface area contributed by atoms with Gasteiger partial charge in [-0.1, -0.05) is 18.2 Å². The zero-order valence-corrected chi connectivity index (χ0v) is 15.6. The number of benzene rings is 1. The average Bonchev–Trinajstić information content (AvgIpc) is 2.61. The highest BCUT2D eigenvalue weighted by molar-refractivity contribution is 7.99. The maximum Gasteiger partial charge on any atom is 0.309 e. The Morgan fingerprint density at radius 3 is 2.76 bits per heavy atom. The van der Waals surface area contributed by atoms with Crippen LogP contribution in [0.15, 0.2) is 41.8 Å². The first-order valence-electron chi connectivity index (χ1n) is 8.76. The number of carbonyl (C=O) groups excluding carboxylic acids is 2. The molecule has 1 heterocycles. The fraction of sp³-hybridized carbons (Fsp3) is 0.474. The molecular weight excluding hydrogens is 336 g/mol. The van der Waals surface area contributed by atoms with Crippen molar-refractivity contribution >= 4 is 29.3 Å². The van der Waals surface area contributed by atoms with Crippen LogP contribution in [-0.4, -0.2) is 43.9 Å². The minimum absolute atomic E-state index is 0.0104. The maximum atomic E-state index is 12.4. The zero-order chi connectivity index (χ0) is 18.1. The van der Waals surface area contributed by atoms with E-state index in [9.17, 15) is 9.59 Å². The van der Waals surface area contributed by atoms with E-state index >= 15 is 0 Å². The van der Waals surface area contributed by atoms with Crippen molar-refractivity contribution in [3.8, 4) is 0 Å². The van der Waals surface area contributed by atoms with Crippen LogP contribution in [0.2, 0.25) is 0 Å². The molecule has 1 saturated heterocycles. The first kappa shape index (κ1) is 19.5. The third kappa shape index (κ3) is 6.21. The van der Waals surface area contributed by atoms with Crippen LogP contribution in [0, 0.1) is 5.92 Å². The van der Waals surface area contributed by atoms with Gasteiger partial charge in [0.2, 0.25) is 0 Å². The SMILES string of the molecule is C=CCSc1ccccc1NC(=O)C[NH+]1CCC(C(=O)OCC)CC1. The number of anilines is 1. The summed E-state index contributed by atoms with van der Waals surface area (Å²) in [4.78, 5) is 26.4. The Kier molecular flexibility index (Phi) is 8.01. The summed E-state index contributed by atoms with van der Waals surface area (Å²) in [6.07, 6.45) is 3.42. The summed E-state index contributed by atoms with van der Waals surface area (Å²) in [7, 11) is 0. The van der Waals surface area contributed by atoms with Gasteiger partial charge in [0.25, 0.3) is 5.91 Å². The van der Waals surface area contributed by atoms with Crippen molar-refractivity contribution < 1.29 is 19.2 Å². The summed E-state index contributed by atoms with van der Waals surface area (Å²) in [6, 6.07) is 7.81.